The van der Waals surface area contributed by atoms with Gasteiger partial charge in [0.1, 0.15) is 5.82 Å². The van der Waals surface area contributed by atoms with Crippen LogP contribution < -0.4 is 0 Å². The Morgan fingerprint density at radius 3 is 3.00 bits per heavy atom. The summed E-state index contributed by atoms with van der Waals surface area (Å²) < 4.78 is 1.62. The predicted octanol–water partition coefficient (Wildman–Crippen LogP) is 0.952. The first-order valence-electron chi connectivity index (χ1n) is 3.45. The molecule has 0 aromatic carbocycles. The van der Waals surface area contributed by atoms with Crippen LogP contribution in [0.4, 0.5) is 0 Å². The van der Waals surface area contributed by atoms with Crippen LogP contribution >= 0.6 is 11.8 Å². The van der Waals surface area contributed by atoms with Crippen molar-refractivity contribution in [3.8, 4) is 0 Å². The van der Waals surface area contributed by atoms with Gasteiger partial charge >= 0.3 is 0 Å². The van der Waals surface area contributed by atoms with Crippen molar-refractivity contribution < 1.29 is 32.7 Å². The second kappa shape index (κ2) is 4.48. The van der Waals surface area contributed by atoms with E-state index in [1.54, 1.807) is 22.5 Å². The molecule has 0 aliphatic rings. The summed E-state index contributed by atoms with van der Waals surface area (Å²) in [6, 6.07) is 0. The molecule has 0 spiro atoms. The van der Waals surface area contributed by atoms with Gasteiger partial charge in [0.2, 0.25) is 0 Å². The van der Waals surface area contributed by atoms with Gasteiger partial charge in [-0.05, 0) is 13.2 Å². The molecule has 0 fully saturated rings. The smallest absolute Gasteiger partial charge is 0.142 e. The Kier molecular flexibility index (Phi) is 3.82. The maximum absolute atomic E-state index is 4.24. The summed E-state index contributed by atoms with van der Waals surface area (Å²) in [5.74, 6) is 0.737. The number of thioether (sulfide) groups is 1. The van der Waals surface area contributed by atoms with Crippen molar-refractivity contribution in [1.82, 2.24) is 19.6 Å². The molecule has 2 aromatic rings. The van der Waals surface area contributed by atoms with Gasteiger partial charge in [0.25, 0.3) is 0 Å². The molecule has 0 amide bonds. The average Bonchev–Trinajstić information content (AvgIpc) is 2.50. The number of hydrogen-bond donors (Lipinski definition) is 0. The van der Waals surface area contributed by atoms with E-state index in [1.165, 1.54) is 0 Å². The zero-order valence-corrected chi connectivity index (χ0v) is 11.0. The van der Waals surface area contributed by atoms with Crippen LogP contribution in [0.25, 0.3) is 5.65 Å². The number of imidazole rings is 1. The standard InChI is InChI=1S/C7H7N4S.Y/c1-5-9-7(12-2)6-8-3-4-11(6)10-5;/h3H,1-2H3;/q-1;. The maximum atomic E-state index is 4.24. The summed E-state index contributed by atoms with van der Waals surface area (Å²) in [6.07, 6.45) is 6.45. The Bertz CT molecular complexity index is 414. The molecule has 2 rings (SSSR count). The summed E-state index contributed by atoms with van der Waals surface area (Å²) in [6.45, 7) is 1.85. The van der Waals surface area contributed by atoms with Gasteiger partial charge in [0, 0.05) is 38.4 Å². The van der Waals surface area contributed by atoms with E-state index in [-0.39, 0.29) is 32.7 Å². The van der Waals surface area contributed by atoms with Gasteiger partial charge in [-0.2, -0.15) is 5.10 Å². The third-order valence-corrected chi connectivity index (χ3v) is 2.12. The molecule has 0 unspecified atom stereocenters. The Morgan fingerprint density at radius 1 is 1.54 bits per heavy atom. The van der Waals surface area contributed by atoms with Gasteiger partial charge in [-0.1, -0.05) is 6.20 Å². The number of hydrogen-bond acceptors (Lipinski definition) is 4. The molecule has 0 saturated heterocycles. The van der Waals surface area contributed by atoms with Gasteiger partial charge < -0.3 is 9.50 Å². The summed E-state index contributed by atoms with van der Waals surface area (Å²) >= 11 is 1.56. The van der Waals surface area contributed by atoms with E-state index in [9.17, 15) is 0 Å². The average molecular weight is 268 g/mol. The van der Waals surface area contributed by atoms with Crippen LogP contribution in [0.15, 0.2) is 11.2 Å². The van der Waals surface area contributed by atoms with Gasteiger partial charge in [0.15, 0.2) is 0 Å². The van der Waals surface area contributed by atoms with Crippen LogP contribution in [0.3, 0.4) is 0 Å². The molecule has 0 N–H and O–H groups in total. The van der Waals surface area contributed by atoms with Gasteiger partial charge in [-0.25, -0.2) is 4.98 Å². The van der Waals surface area contributed by atoms with Crippen LogP contribution in [0, 0.1) is 13.1 Å². The van der Waals surface area contributed by atoms with Crippen LogP contribution in [-0.2, 0) is 32.7 Å². The molecular formula is C7H7N4SY-. The molecule has 2 aromatic heterocycles. The molecule has 0 aliphatic carbocycles. The Labute approximate surface area is 105 Å². The minimum atomic E-state index is 0. The van der Waals surface area contributed by atoms with E-state index in [0.717, 1.165) is 16.5 Å². The van der Waals surface area contributed by atoms with E-state index < -0.39 is 0 Å². The monoisotopic (exact) mass is 268 g/mol. The van der Waals surface area contributed by atoms with E-state index >= 15 is 0 Å². The first-order valence-corrected chi connectivity index (χ1v) is 4.68. The summed E-state index contributed by atoms with van der Waals surface area (Å²) in [5, 5.41) is 5.01. The zero-order chi connectivity index (χ0) is 8.55. The van der Waals surface area contributed by atoms with Crippen molar-refractivity contribution in [2.45, 2.75) is 11.9 Å². The van der Waals surface area contributed by atoms with Crippen LogP contribution in [-0.4, -0.2) is 25.8 Å². The quantitative estimate of drug-likeness (QED) is 0.570. The summed E-state index contributed by atoms with van der Waals surface area (Å²) in [5.41, 5.74) is 0.771. The largest absolute Gasteiger partial charge is 0.383 e. The molecule has 0 bridgehead atoms. The first-order chi connectivity index (χ1) is 5.81. The van der Waals surface area contributed by atoms with Crippen molar-refractivity contribution in [2.24, 2.45) is 0 Å². The van der Waals surface area contributed by atoms with Crippen LogP contribution in [0.5, 0.6) is 0 Å². The predicted molar refractivity (Wildman–Crippen MR) is 46.1 cm³/mol. The zero-order valence-electron chi connectivity index (χ0n) is 7.35. The Hall–Kier alpha value is 0.00390. The van der Waals surface area contributed by atoms with Crippen LogP contribution in [0.1, 0.15) is 5.82 Å². The topological polar surface area (TPSA) is 43.1 Å². The van der Waals surface area contributed by atoms with Crippen molar-refractivity contribution in [2.75, 3.05) is 6.26 Å². The molecule has 65 valence electrons. The summed E-state index contributed by atoms with van der Waals surface area (Å²) in [4.78, 5) is 8.33. The van der Waals surface area contributed by atoms with E-state index in [4.69, 9.17) is 0 Å². The summed E-state index contributed by atoms with van der Waals surface area (Å²) in [7, 11) is 0. The normalized spacial score (nSPS) is 10.0. The van der Waals surface area contributed by atoms with Gasteiger partial charge in [0.05, 0.1) is 5.03 Å². The molecule has 1 radical (unpaired) electrons. The van der Waals surface area contributed by atoms with Gasteiger partial charge in [-0.3, -0.25) is 0 Å². The Morgan fingerprint density at radius 2 is 2.31 bits per heavy atom. The van der Waals surface area contributed by atoms with Gasteiger partial charge in [-0.15, -0.1) is 18.0 Å². The first kappa shape index (κ1) is 11.1. The molecule has 0 atom stereocenters. The number of fused-ring (bicyclic) bond motifs is 1. The number of rotatable bonds is 1. The molecule has 4 nitrogen and oxygen atoms in total. The molecule has 6 heteroatoms. The van der Waals surface area contributed by atoms with E-state index in [2.05, 4.69) is 21.3 Å². The maximum Gasteiger partial charge on any atom is 0.142 e. The molecule has 0 saturated carbocycles. The van der Waals surface area contributed by atoms with Crippen molar-refractivity contribution >= 4 is 17.4 Å². The van der Waals surface area contributed by atoms with Crippen LogP contribution in [0.2, 0.25) is 0 Å². The second-order valence-electron chi connectivity index (χ2n) is 2.29. The van der Waals surface area contributed by atoms with E-state index in [1.807, 2.05) is 13.2 Å². The SMILES string of the molecule is CSc1nc(C)nn2[c-]cnc12.[Y]. The molecule has 2 heterocycles. The molecule has 13 heavy (non-hydrogen) atoms. The fraction of sp³-hybridized carbons (Fsp3) is 0.286. The van der Waals surface area contributed by atoms with E-state index in [0.29, 0.717) is 0 Å². The molecule has 0 aliphatic heterocycles. The third kappa shape index (κ3) is 2.08. The number of aromatic nitrogens is 4. The second-order valence-corrected chi connectivity index (χ2v) is 3.09. The minimum Gasteiger partial charge on any atom is -0.383 e. The van der Waals surface area contributed by atoms with Crippen molar-refractivity contribution in [1.29, 1.82) is 0 Å². The third-order valence-electron chi connectivity index (χ3n) is 1.46. The number of nitrogens with zero attached hydrogens (tertiary/aromatic N) is 4. The minimum absolute atomic E-state index is 0. The fourth-order valence-electron chi connectivity index (χ4n) is 0.984. The fourth-order valence-corrected chi connectivity index (χ4v) is 1.53. The van der Waals surface area contributed by atoms with Crippen molar-refractivity contribution in [3.63, 3.8) is 0 Å². The molecular weight excluding hydrogens is 261 g/mol. The van der Waals surface area contributed by atoms with Crippen molar-refractivity contribution in [3.05, 3.63) is 18.2 Å². The number of aryl methyl sites for hydroxylation is 1. The Balaban J connectivity index is 0.000000845.